The van der Waals surface area contributed by atoms with E-state index >= 15 is 0 Å². The van der Waals surface area contributed by atoms with E-state index in [2.05, 4.69) is 28.1 Å². The summed E-state index contributed by atoms with van der Waals surface area (Å²) < 4.78 is 17.5. The maximum absolute atomic E-state index is 6.26. The predicted molar refractivity (Wildman–Crippen MR) is 88.9 cm³/mol. The second-order valence-corrected chi connectivity index (χ2v) is 6.38. The van der Waals surface area contributed by atoms with Gasteiger partial charge in [0.1, 0.15) is 11.9 Å². The molecule has 1 unspecified atom stereocenters. The van der Waals surface area contributed by atoms with Crippen LogP contribution in [0, 0.1) is 0 Å². The van der Waals surface area contributed by atoms with Gasteiger partial charge < -0.3 is 24.1 Å². The fourth-order valence-electron chi connectivity index (χ4n) is 3.48. The molecular formula is C18H24N2O3. The first kappa shape index (κ1) is 15.0. The van der Waals surface area contributed by atoms with Gasteiger partial charge >= 0.3 is 0 Å². The topological polar surface area (TPSA) is 46.7 Å². The Balaban J connectivity index is 1.30. The van der Waals surface area contributed by atoms with Crippen molar-refractivity contribution < 1.29 is 14.2 Å². The lowest BCUT2D eigenvalue weighted by atomic mass is 10.1. The standard InChI is InChI=1S/C18H24N2O3/c1-2-17-16(4-7-19-17)18(3-1)23-14-5-8-20(9-6-14)12-15-13-21-10-11-22-15/h1-4,7,14-15,19H,5-6,8-13H2. The minimum absolute atomic E-state index is 0.231. The van der Waals surface area contributed by atoms with E-state index in [1.807, 2.05) is 12.3 Å². The maximum Gasteiger partial charge on any atom is 0.129 e. The van der Waals surface area contributed by atoms with Crippen molar-refractivity contribution in [3.05, 3.63) is 30.5 Å². The SMILES string of the molecule is c1cc(OC2CCN(CC3COCCO3)CC2)c2cc[nH]c2c1. The number of piperidine rings is 1. The average molecular weight is 316 g/mol. The molecule has 2 saturated heterocycles. The molecule has 4 rings (SSSR count). The normalized spacial score (nSPS) is 24.1. The summed E-state index contributed by atoms with van der Waals surface area (Å²) in [6, 6.07) is 8.27. The third-order valence-electron chi connectivity index (χ3n) is 4.73. The van der Waals surface area contributed by atoms with Gasteiger partial charge in [-0.3, -0.25) is 0 Å². The molecule has 0 radical (unpaired) electrons. The molecule has 124 valence electrons. The number of ether oxygens (including phenoxy) is 3. The Hall–Kier alpha value is -1.56. The summed E-state index contributed by atoms with van der Waals surface area (Å²) in [6.07, 6.45) is 4.62. The van der Waals surface area contributed by atoms with Crippen LogP contribution < -0.4 is 4.74 Å². The average Bonchev–Trinajstić information content (AvgIpc) is 3.07. The van der Waals surface area contributed by atoms with Gasteiger partial charge in [-0.25, -0.2) is 0 Å². The molecular weight excluding hydrogens is 292 g/mol. The second kappa shape index (κ2) is 6.91. The van der Waals surface area contributed by atoms with Crippen molar-refractivity contribution in [2.45, 2.75) is 25.0 Å². The molecule has 5 nitrogen and oxygen atoms in total. The lowest BCUT2D eigenvalue weighted by Gasteiger charge is -2.35. The van der Waals surface area contributed by atoms with Crippen molar-refractivity contribution in [3.8, 4) is 5.75 Å². The number of nitrogens with zero attached hydrogens (tertiary/aromatic N) is 1. The van der Waals surface area contributed by atoms with Crippen molar-refractivity contribution in [3.63, 3.8) is 0 Å². The molecule has 1 aromatic heterocycles. The van der Waals surface area contributed by atoms with Crippen LogP contribution in [0.15, 0.2) is 30.5 Å². The molecule has 0 aliphatic carbocycles. The lowest BCUT2D eigenvalue weighted by Crippen LogP contribution is -2.45. The number of H-pyrrole nitrogens is 1. The highest BCUT2D eigenvalue weighted by atomic mass is 16.6. The van der Waals surface area contributed by atoms with Gasteiger partial charge in [0.2, 0.25) is 0 Å². The molecule has 3 heterocycles. The third-order valence-corrected chi connectivity index (χ3v) is 4.73. The maximum atomic E-state index is 6.26. The van der Waals surface area contributed by atoms with Crippen molar-refractivity contribution in [2.24, 2.45) is 0 Å². The third kappa shape index (κ3) is 3.52. The van der Waals surface area contributed by atoms with Crippen molar-refractivity contribution in [1.82, 2.24) is 9.88 Å². The number of hydrogen-bond acceptors (Lipinski definition) is 4. The fraction of sp³-hybridized carbons (Fsp3) is 0.556. The molecule has 5 heteroatoms. The Morgan fingerprint density at radius 2 is 2.09 bits per heavy atom. The monoisotopic (exact) mass is 316 g/mol. The number of likely N-dealkylation sites (tertiary alicyclic amines) is 1. The van der Waals surface area contributed by atoms with Crippen LogP contribution in [0.4, 0.5) is 0 Å². The van der Waals surface area contributed by atoms with E-state index in [0.29, 0.717) is 6.10 Å². The summed E-state index contributed by atoms with van der Waals surface area (Å²) in [4.78, 5) is 5.70. The predicted octanol–water partition coefficient (Wildman–Crippen LogP) is 2.43. The summed E-state index contributed by atoms with van der Waals surface area (Å²) in [5.41, 5.74) is 1.13. The highest BCUT2D eigenvalue weighted by Crippen LogP contribution is 2.27. The van der Waals surface area contributed by atoms with Gasteiger partial charge in [-0.05, 0) is 31.0 Å². The summed E-state index contributed by atoms with van der Waals surface area (Å²) in [5.74, 6) is 0.992. The Labute approximate surface area is 136 Å². The van der Waals surface area contributed by atoms with Gasteiger partial charge in [-0.1, -0.05) is 6.07 Å². The smallest absolute Gasteiger partial charge is 0.129 e. The zero-order valence-corrected chi connectivity index (χ0v) is 13.4. The van der Waals surface area contributed by atoms with Gasteiger partial charge in [0.05, 0.1) is 25.9 Å². The lowest BCUT2D eigenvalue weighted by molar-refractivity contribution is -0.100. The largest absolute Gasteiger partial charge is 0.490 e. The molecule has 23 heavy (non-hydrogen) atoms. The minimum atomic E-state index is 0.231. The van der Waals surface area contributed by atoms with Crippen LogP contribution in [-0.2, 0) is 9.47 Å². The zero-order valence-electron chi connectivity index (χ0n) is 13.4. The number of rotatable bonds is 4. The first-order valence-corrected chi connectivity index (χ1v) is 8.53. The van der Waals surface area contributed by atoms with Gasteiger partial charge in [-0.15, -0.1) is 0 Å². The second-order valence-electron chi connectivity index (χ2n) is 6.38. The molecule has 0 amide bonds. The molecule has 1 atom stereocenters. The van der Waals surface area contributed by atoms with E-state index < -0.39 is 0 Å². The van der Waals surface area contributed by atoms with E-state index in [0.717, 1.165) is 63.6 Å². The van der Waals surface area contributed by atoms with Gasteiger partial charge in [0.15, 0.2) is 0 Å². The zero-order chi connectivity index (χ0) is 15.5. The first-order valence-electron chi connectivity index (χ1n) is 8.53. The molecule has 2 fully saturated rings. The Bertz CT molecular complexity index is 628. The summed E-state index contributed by atoms with van der Waals surface area (Å²) >= 11 is 0. The van der Waals surface area contributed by atoms with Crippen LogP contribution in [-0.4, -0.2) is 61.5 Å². The van der Waals surface area contributed by atoms with E-state index in [4.69, 9.17) is 14.2 Å². The summed E-state index contributed by atoms with van der Waals surface area (Å²) in [7, 11) is 0. The van der Waals surface area contributed by atoms with Crippen molar-refractivity contribution >= 4 is 10.9 Å². The quantitative estimate of drug-likeness (QED) is 0.941. The Morgan fingerprint density at radius 3 is 2.91 bits per heavy atom. The van der Waals surface area contributed by atoms with Gasteiger partial charge in [0.25, 0.3) is 0 Å². The Morgan fingerprint density at radius 1 is 1.17 bits per heavy atom. The number of fused-ring (bicyclic) bond motifs is 1. The van der Waals surface area contributed by atoms with Gasteiger partial charge in [0, 0.05) is 36.7 Å². The van der Waals surface area contributed by atoms with Crippen LogP contribution in [0.3, 0.4) is 0 Å². The first-order chi connectivity index (χ1) is 11.4. The van der Waals surface area contributed by atoms with Crippen molar-refractivity contribution in [1.29, 1.82) is 0 Å². The molecule has 2 aliphatic rings. The molecule has 1 aromatic carbocycles. The number of benzene rings is 1. The van der Waals surface area contributed by atoms with Crippen LogP contribution in [0.2, 0.25) is 0 Å². The number of aromatic nitrogens is 1. The van der Waals surface area contributed by atoms with E-state index in [1.54, 1.807) is 0 Å². The van der Waals surface area contributed by atoms with E-state index in [-0.39, 0.29) is 6.10 Å². The summed E-state index contributed by atoms with van der Waals surface area (Å²) in [5, 5.41) is 1.17. The molecule has 2 aliphatic heterocycles. The van der Waals surface area contributed by atoms with Gasteiger partial charge in [-0.2, -0.15) is 0 Å². The fourth-order valence-corrected chi connectivity index (χ4v) is 3.48. The Kier molecular flexibility index (Phi) is 4.50. The number of hydrogen-bond donors (Lipinski definition) is 1. The molecule has 0 bridgehead atoms. The van der Waals surface area contributed by atoms with Crippen LogP contribution >= 0.6 is 0 Å². The van der Waals surface area contributed by atoms with E-state index in [1.165, 1.54) is 5.39 Å². The number of nitrogens with one attached hydrogen (secondary N) is 1. The molecule has 2 aromatic rings. The minimum Gasteiger partial charge on any atom is -0.490 e. The van der Waals surface area contributed by atoms with E-state index in [9.17, 15) is 0 Å². The highest BCUT2D eigenvalue weighted by Gasteiger charge is 2.24. The summed E-state index contributed by atoms with van der Waals surface area (Å²) in [6.45, 7) is 5.29. The van der Waals surface area contributed by atoms with Crippen LogP contribution in [0.1, 0.15) is 12.8 Å². The molecule has 0 saturated carbocycles. The van der Waals surface area contributed by atoms with Crippen molar-refractivity contribution in [2.75, 3.05) is 39.5 Å². The molecule has 1 N–H and O–H groups in total. The number of aromatic amines is 1. The molecule has 0 spiro atoms. The van der Waals surface area contributed by atoms with Crippen LogP contribution in [0.25, 0.3) is 10.9 Å². The highest BCUT2D eigenvalue weighted by molar-refractivity contribution is 5.85. The van der Waals surface area contributed by atoms with Crippen LogP contribution in [0.5, 0.6) is 5.75 Å².